The number of aromatic nitrogens is 4. The molecule has 0 amide bonds. The lowest BCUT2D eigenvalue weighted by atomic mass is 9.94. The molecule has 0 aliphatic heterocycles. The quantitative estimate of drug-likeness (QED) is 0.203. The van der Waals surface area contributed by atoms with E-state index < -0.39 is 0 Å². The largest absolute Gasteiger partial charge is 0.456 e. The number of rotatable bonds is 3. The van der Waals surface area contributed by atoms with Crippen molar-refractivity contribution in [3.8, 4) is 17.2 Å². The molecule has 0 unspecified atom stereocenters. The van der Waals surface area contributed by atoms with Crippen LogP contribution in [-0.4, -0.2) is 19.5 Å². The summed E-state index contributed by atoms with van der Waals surface area (Å²) in [6.45, 7) is 0. The second-order valence-electron chi connectivity index (χ2n) is 11.7. The van der Waals surface area contributed by atoms with Gasteiger partial charge in [-0.25, -0.2) is 9.97 Å². The molecule has 1 aliphatic carbocycles. The summed E-state index contributed by atoms with van der Waals surface area (Å²) in [5.74, 6) is 0.571. The van der Waals surface area contributed by atoms with Gasteiger partial charge in [0.25, 0.3) is 0 Å². The van der Waals surface area contributed by atoms with Gasteiger partial charge in [-0.15, -0.1) is 12.6 Å². The van der Waals surface area contributed by atoms with Crippen LogP contribution in [0.1, 0.15) is 12.0 Å². The second kappa shape index (κ2) is 9.64. The van der Waals surface area contributed by atoms with Crippen molar-refractivity contribution in [2.24, 2.45) is 0 Å². The minimum atomic E-state index is 0.571. The Hall–Kier alpha value is -5.72. The molecular weight excluding hydrogens is 585 g/mol. The molecule has 0 N–H and O–H groups in total. The molecule has 1 aliphatic rings. The van der Waals surface area contributed by atoms with Gasteiger partial charge in [0, 0.05) is 43.8 Å². The smallest absolute Gasteiger partial charge is 0.235 e. The maximum Gasteiger partial charge on any atom is 0.235 e. The van der Waals surface area contributed by atoms with Gasteiger partial charge in [0.15, 0.2) is 0 Å². The molecule has 46 heavy (non-hydrogen) atoms. The van der Waals surface area contributed by atoms with E-state index in [1.807, 2.05) is 54.7 Å². The van der Waals surface area contributed by atoms with Gasteiger partial charge in [0.05, 0.1) is 27.8 Å². The number of hydrogen-bond acceptors (Lipinski definition) is 5. The minimum Gasteiger partial charge on any atom is -0.456 e. The van der Waals surface area contributed by atoms with E-state index in [4.69, 9.17) is 32.0 Å². The number of thiol groups is 1. The molecule has 10 rings (SSSR count). The predicted octanol–water partition coefficient (Wildman–Crippen LogP) is 10.5. The standard InChI is InChI=1S/C40H24N4OS/c46-39-33(23-11-1-2-12-23)24-13-3-4-14-25(24)35-37-30(19-10-22-41-37)44(38(35)39)40-42-29-18-7-5-15-26(29)36(43-40)28-17-9-21-32-34(28)27-16-6-8-20-31(27)45-32/h1-11,13-22,46H,12H2. The monoisotopic (exact) mass is 608 g/mol. The minimum absolute atomic E-state index is 0.571. The summed E-state index contributed by atoms with van der Waals surface area (Å²) >= 11 is 5.31. The van der Waals surface area contributed by atoms with Gasteiger partial charge in [0.2, 0.25) is 5.95 Å². The molecule has 0 spiro atoms. The predicted molar refractivity (Wildman–Crippen MR) is 191 cm³/mol. The number of para-hydroxylation sites is 2. The third-order valence-corrected chi connectivity index (χ3v) is 9.63. The Labute approximate surface area is 268 Å². The molecule has 0 bridgehead atoms. The van der Waals surface area contributed by atoms with E-state index in [1.54, 1.807) is 0 Å². The van der Waals surface area contributed by atoms with Gasteiger partial charge in [-0.1, -0.05) is 91.0 Å². The summed E-state index contributed by atoms with van der Waals surface area (Å²) in [5.41, 5.74) is 9.55. The maximum atomic E-state index is 6.29. The fourth-order valence-corrected chi connectivity index (χ4v) is 7.74. The number of hydrogen-bond donors (Lipinski definition) is 1. The molecule has 216 valence electrons. The van der Waals surface area contributed by atoms with Gasteiger partial charge in [-0.2, -0.15) is 0 Å². The van der Waals surface area contributed by atoms with Crippen LogP contribution in [0.25, 0.3) is 88.3 Å². The molecule has 0 atom stereocenters. The summed E-state index contributed by atoms with van der Waals surface area (Å²) in [4.78, 5) is 16.5. The number of pyridine rings is 1. The summed E-state index contributed by atoms with van der Waals surface area (Å²) in [7, 11) is 0. The molecule has 9 aromatic rings. The van der Waals surface area contributed by atoms with Crippen molar-refractivity contribution in [2.45, 2.75) is 11.3 Å². The lowest BCUT2D eigenvalue weighted by molar-refractivity contribution is 0.669. The Morgan fingerprint density at radius 1 is 0.696 bits per heavy atom. The van der Waals surface area contributed by atoms with Crippen molar-refractivity contribution in [3.05, 3.63) is 133 Å². The molecular formula is C40H24N4OS. The topological polar surface area (TPSA) is 56.7 Å². The van der Waals surface area contributed by atoms with Crippen LogP contribution in [0.3, 0.4) is 0 Å². The van der Waals surface area contributed by atoms with Gasteiger partial charge in [-0.3, -0.25) is 9.55 Å². The Kier molecular flexibility index (Phi) is 5.36. The molecule has 4 heterocycles. The van der Waals surface area contributed by atoms with Crippen molar-refractivity contribution in [3.63, 3.8) is 0 Å². The fraction of sp³-hybridized carbons (Fsp3) is 0.0250. The van der Waals surface area contributed by atoms with E-state index in [2.05, 4.69) is 77.4 Å². The highest BCUT2D eigenvalue weighted by atomic mass is 32.1. The summed E-state index contributed by atoms with van der Waals surface area (Å²) in [6.07, 6.45) is 9.22. The van der Waals surface area contributed by atoms with Crippen LogP contribution >= 0.6 is 12.6 Å². The molecule has 0 saturated carbocycles. The number of fused-ring (bicyclic) bond motifs is 9. The number of allylic oxidation sites excluding steroid dienone is 4. The van der Waals surface area contributed by atoms with Crippen LogP contribution in [0.5, 0.6) is 0 Å². The molecule has 4 aromatic heterocycles. The average Bonchev–Trinajstić information content (AvgIpc) is 3.85. The van der Waals surface area contributed by atoms with Crippen LogP contribution in [-0.2, 0) is 0 Å². The highest BCUT2D eigenvalue weighted by Crippen LogP contribution is 2.45. The van der Waals surface area contributed by atoms with E-state index in [9.17, 15) is 0 Å². The summed E-state index contributed by atoms with van der Waals surface area (Å²) in [6, 6.07) is 35.2. The van der Waals surface area contributed by atoms with Crippen molar-refractivity contribution in [1.29, 1.82) is 0 Å². The van der Waals surface area contributed by atoms with Crippen LogP contribution in [0.15, 0.2) is 137 Å². The van der Waals surface area contributed by atoms with Gasteiger partial charge in [-0.05, 0) is 53.1 Å². The zero-order valence-corrected chi connectivity index (χ0v) is 25.4. The van der Waals surface area contributed by atoms with Crippen molar-refractivity contribution in [1.82, 2.24) is 19.5 Å². The molecule has 6 heteroatoms. The van der Waals surface area contributed by atoms with Gasteiger partial charge >= 0.3 is 0 Å². The Bertz CT molecular complexity index is 2800. The second-order valence-corrected chi connectivity index (χ2v) is 12.1. The first-order valence-electron chi connectivity index (χ1n) is 15.3. The van der Waals surface area contributed by atoms with Crippen molar-refractivity contribution in [2.75, 3.05) is 0 Å². The maximum absolute atomic E-state index is 6.29. The Balaban J connectivity index is 1.37. The number of nitrogens with zero attached hydrogens (tertiary/aromatic N) is 4. The molecule has 5 nitrogen and oxygen atoms in total. The first kappa shape index (κ1) is 25.6. The van der Waals surface area contributed by atoms with E-state index in [0.29, 0.717) is 5.95 Å². The molecule has 0 radical (unpaired) electrons. The van der Waals surface area contributed by atoms with Gasteiger partial charge < -0.3 is 4.42 Å². The third kappa shape index (κ3) is 3.50. The van der Waals surface area contributed by atoms with Crippen molar-refractivity contribution >= 4 is 83.8 Å². The van der Waals surface area contributed by atoms with E-state index in [1.165, 1.54) is 11.0 Å². The highest BCUT2D eigenvalue weighted by molar-refractivity contribution is 7.80. The molecule has 5 aromatic carbocycles. The van der Waals surface area contributed by atoms with Crippen LogP contribution in [0.2, 0.25) is 0 Å². The molecule has 0 saturated heterocycles. The zero-order chi connectivity index (χ0) is 30.4. The number of benzene rings is 5. The first-order chi connectivity index (χ1) is 22.8. The lowest BCUT2D eigenvalue weighted by Gasteiger charge is -2.16. The average molecular weight is 609 g/mol. The normalized spacial score (nSPS) is 13.3. The lowest BCUT2D eigenvalue weighted by Crippen LogP contribution is -2.04. The van der Waals surface area contributed by atoms with Crippen molar-refractivity contribution < 1.29 is 4.42 Å². The Morgan fingerprint density at radius 2 is 1.48 bits per heavy atom. The SMILES string of the molecule is Sc1c(C2=CC=CC2)c2ccccc2c2c3ncccc3n(-c3nc(-c4cccc5oc6ccccc6c45)c4ccccc4n3)c12. The van der Waals surface area contributed by atoms with Crippen LogP contribution in [0, 0.1) is 0 Å². The van der Waals surface area contributed by atoms with Crippen LogP contribution in [0.4, 0.5) is 0 Å². The van der Waals surface area contributed by atoms with E-state index in [0.717, 1.165) is 88.3 Å². The summed E-state index contributed by atoms with van der Waals surface area (Å²) < 4.78 is 8.44. The Morgan fingerprint density at radius 3 is 2.35 bits per heavy atom. The van der Waals surface area contributed by atoms with Crippen LogP contribution < -0.4 is 0 Å². The fourth-order valence-electron chi connectivity index (χ4n) is 7.27. The van der Waals surface area contributed by atoms with E-state index >= 15 is 0 Å². The number of furan rings is 1. The van der Waals surface area contributed by atoms with E-state index in [-0.39, 0.29) is 0 Å². The first-order valence-corrected chi connectivity index (χ1v) is 15.8. The summed E-state index contributed by atoms with van der Waals surface area (Å²) in [5, 5.41) is 6.43. The molecule has 0 fully saturated rings. The third-order valence-electron chi connectivity index (χ3n) is 9.19. The zero-order valence-electron chi connectivity index (χ0n) is 24.5. The highest BCUT2D eigenvalue weighted by Gasteiger charge is 2.25. The van der Waals surface area contributed by atoms with Gasteiger partial charge in [0.1, 0.15) is 11.2 Å².